The summed E-state index contributed by atoms with van der Waals surface area (Å²) in [6.07, 6.45) is 4.91. The normalized spacial score (nSPS) is 19.6. The number of imidazole rings is 1. The Kier molecular flexibility index (Phi) is 7.19. The minimum absolute atomic E-state index is 0.0591. The highest BCUT2D eigenvalue weighted by molar-refractivity contribution is 5.70. The van der Waals surface area contributed by atoms with Crippen molar-refractivity contribution in [3.8, 4) is 0 Å². The van der Waals surface area contributed by atoms with Crippen LogP contribution in [0.15, 0.2) is 53.6 Å². The monoisotopic (exact) mass is 562 g/mol. The lowest BCUT2D eigenvalue weighted by Crippen LogP contribution is -2.41. The summed E-state index contributed by atoms with van der Waals surface area (Å²) in [6.45, 7) is 0.874. The Labute approximate surface area is 235 Å². The number of hydrogen-bond acceptors (Lipinski definition) is 6. The Bertz CT molecular complexity index is 1640. The molecule has 41 heavy (non-hydrogen) atoms. The van der Waals surface area contributed by atoms with E-state index in [0.29, 0.717) is 62.1 Å². The molecule has 1 amide bonds. The fraction of sp³-hybridized carbons (Fsp3) is 0.400. The fourth-order valence-corrected chi connectivity index (χ4v) is 6.10. The van der Waals surface area contributed by atoms with Crippen molar-refractivity contribution in [1.82, 2.24) is 24.4 Å². The van der Waals surface area contributed by atoms with Crippen LogP contribution in [-0.4, -0.2) is 57.7 Å². The van der Waals surface area contributed by atoms with Crippen LogP contribution in [0, 0.1) is 11.6 Å². The molecule has 2 atom stereocenters. The van der Waals surface area contributed by atoms with Crippen molar-refractivity contribution in [2.24, 2.45) is 0 Å². The van der Waals surface area contributed by atoms with Gasteiger partial charge in [-0.1, -0.05) is 12.1 Å². The lowest BCUT2D eigenvalue weighted by atomic mass is 9.89. The van der Waals surface area contributed by atoms with Gasteiger partial charge in [0.2, 0.25) is 0 Å². The lowest BCUT2D eigenvalue weighted by molar-refractivity contribution is 0.0473. The van der Waals surface area contributed by atoms with E-state index in [4.69, 9.17) is 4.74 Å². The van der Waals surface area contributed by atoms with E-state index in [1.54, 1.807) is 34.0 Å². The van der Waals surface area contributed by atoms with Crippen LogP contribution in [0.2, 0.25) is 0 Å². The first-order chi connectivity index (χ1) is 19.8. The zero-order valence-corrected chi connectivity index (χ0v) is 23.0. The van der Waals surface area contributed by atoms with Crippen LogP contribution in [0.4, 0.5) is 19.3 Å². The van der Waals surface area contributed by atoms with E-state index in [9.17, 15) is 18.4 Å². The van der Waals surface area contributed by atoms with Crippen LogP contribution < -0.4 is 10.6 Å². The molecule has 0 spiro atoms. The first-order valence-electron chi connectivity index (χ1n) is 13.9. The first kappa shape index (κ1) is 26.9. The Hall–Kier alpha value is -4.28. The van der Waals surface area contributed by atoms with E-state index in [1.807, 2.05) is 31.1 Å². The summed E-state index contributed by atoms with van der Waals surface area (Å²) in [5.74, 6) is -1.99. The molecule has 1 aliphatic carbocycles. The number of aromatic nitrogens is 4. The van der Waals surface area contributed by atoms with Gasteiger partial charge in [0.15, 0.2) is 17.3 Å². The van der Waals surface area contributed by atoms with Crippen LogP contribution in [0.1, 0.15) is 60.6 Å². The van der Waals surface area contributed by atoms with Crippen LogP contribution in [0.25, 0.3) is 11.2 Å². The second kappa shape index (κ2) is 10.9. The van der Waals surface area contributed by atoms with Gasteiger partial charge in [-0.05, 0) is 73.4 Å². The summed E-state index contributed by atoms with van der Waals surface area (Å²) in [5.41, 5.74) is 3.79. The van der Waals surface area contributed by atoms with Crippen molar-refractivity contribution in [3.05, 3.63) is 87.7 Å². The molecular formula is C30H32F2N6O3. The molecule has 11 heteroatoms. The highest BCUT2D eigenvalue weighted by atomic mass is 19.2. The van der Waals surface area contributed by atoms with Crippen LogP contribution in [-0.2, 0) is 11.2 Å². The number of ether oxygens (including phenoxy) is 1. The van der Waals surface area contributed by atoms with Crippen molar-refractivity contribution < 1.29 is 18.3 Å². The highest BCUT2D eigenvalue weighted by Gasteiger charge is 2.33. The summed E-state index contributed by atoms with van der Waals surface area (Å²) in [6, 6.07) is 9.85. The SMILES string of the molecule is CN(C)c1cnc2c(c1)CC(c1cccc(F)c1F)CCC2OC(=O)N1CCC(n2c(=O)[nH]c3ncccc32)CC1. The second-order valence-corrected chi connectivity index (χ2v) is 11.0. The van der Waals surface area contributed by atoms with Gasteiger partial charge in [0, 0.05) is 39.4 Å². The van der Waals surface area contributed by atoms with E-state index in [2.05, 4.69) is 15.0 Å². The van der Waals surface area contributed by atoms with Gasteiger partial charge in [-0.3, -0.25) is 14.5 Å². The molecule has 1 fully saturated rings. The minimum Gasteiger partial charge on any atom is -0.440 e. The summed E-state index contributed by atoms with van der Waals surface area (Å²) in [5, 5.41) is 0. The summed E-state index contributed by atoms with van der Waals surface area (Å²) < 4.78 is 36.6. The van der Waals surface area contributed by atoms with Crippen LogP contribution in [0.5, 0.6) is 0 Å². The molecule has 2 unspecified atom stereocenters. The quantitative estimate of drug-likeness (QED) is 0.348. The molecule has 0 radical (unpaired) electrons. The third kappa shape index (κ3) is 5.16. The Balaban J connectivity index is 1.19. The number of carbonyl (C=O) groups excluding carboxylic acids is 1. The number of fused-ring (bicyclic) bond motifs is 2. The third-order valence-electron chi connectivity index (χ3n) is 8.29. The van der Waals surface area contributed by atoms with Gasteiger partial charge in [0.05, 0.1) is 23.1 Å². The minimum atomic E-state index is -0.871. The smallest absolute Gasteiger partial charge is 0.410 e. The van der Waals surface area contributed by atoms with Gasteiger partial charge >= 0.3 is 11.8 Å². The maximum absolute atomic E-state index is 14.8. The Morgan fingerprint density at radius 3 is 2.66 bits per heavy atom. The van der Waals surface area contributed by atoms with Crippen LogP contribution >= 0.6 is 0 Å². The average Bonchev–Trinajstić information content (AvgIpc) is 3.20. The summed E-state index contributed by atoms with van der Waals surface area (Å²) in [7, 11) is 3.82. The first-order valence-corrected chi connectivity index (χ1v) is 13.9. The number of nitrogens with zero attached hydrogens (tertiary/aromatic N) is 5. The molecule has 0 saturated carbocycles. The number of aromatic amines is 1. The molecule has 214 valence electrons. The number of carbonyl (C=O) groups is 1. The average molecular weight is 563 g/mol. The predicted molar refractivity (Wildman–Crippen MR) is 150 cm³/mol. The van der Waals surface area contributed by atoms with Crippen LogP contribution in [0.3, 0.4) is 0 Å². The van der Waals surface area contributed by atoms with Crippen molar-refractivity contribution in [1.29, 1.82) is 0 Å². The van der Waals surface area contributed by atoms with E-state index in [-0.39, 0.29) is 17.6 Å². The molecule has 1 N–H and O–H groups in total. The van der Waals surface area contributed by atoms with Gasteiger partial charge in [-0.2, -0.15) is 0 Å². The maximum Gasteiger partial charge on any atom is 0.410 e. The maximum atomic E-state index is 14.8. The third-order valence-corrected chi connectivity index (χ3v) is 8.29. The molecule has 6 rings (SSSR count). The molecule has 1 aromatic carbocycles. The summed E-state index contributed by atoms with van der Waals surface area (Å²) >= 11 is 0. The molecule has 1 saturated heterocycles. The molecule has 4 heterocycles. The number of hydrogen-bond donors (Lipinski definition) is 1. The largest absolute Gasteiger partial charge is 0.440 e. The summed E-state index contributed by atoms with van der Waals surface area (Å²) in [4.78, 5) is 41.3. The number of benzene rings is 1. The number of amides is 1. The zero-order valence-electron chi connectivity index (χ0n) is 23.0. The topological polar surface area (TPSA) is 96.4 Å². The number of rotatable bonds is 4. The van der Waals surface area contributed by atoms with Gasteiger partial charge in [-0.15, -0.1) is 0 Å². The standard InChI is InChI=1S/C30H32F2N6O3/c1-36(2)21-16-19-15-18(22-5-3-6-23(31)26(22)32)8-9-25(27(19)34-17-21)41-30(40)37-13-10-20(11-14-37)38-24-7-4-12-33-28(24)35-29(38)39/h3-7,12,16-18,20,25H,8-11,13-15H2,1-2H3,(H,33,35,39). The second-order valence-electron chi connectivity index (χ2n) is 11.0. The van der Waals surface area contributed by atoms with Gasteiger partial charge in [0.1, 0.15) is 6.10 Å². The van der Waals surface area contributed by atoms with Gasteiger partial charge in [-0.25, -0.2) is 23.4 Å². The molecule has 2 aliphatic rings. The van der Waals surface area contributed by atoms with E-state index >= 15 is 0 Å². The predicted octanol–water partition coefficient (Wildman–Crippen LogP) is 5.10. The highest BCUT2D eigenvalue weighted by Crippen LogP contribution is 2.39. The Morgan fingerprint density at radius 1 is 1.07 bits per heavy atom. The van der Waals surface area contributed by atoms with Crippen molar-refractivity contribution >= 4 is 22.9 Å². The molecular weight excluding hydrogens is 530 g/mol. The number of halogens is 2. The number of H-pyrrole nitrogens is 1. The van der Waals surface area contributed by atoms with E-state index in [1.165, 1.54) is 6.07 Å². The number of nitrogens with one attached hydrogen (secondary N) is 1. The fourth-order valence-electron chi connectivity index (χ4n) is 6.10. The Morgan fingerprint density at radius 2 is 1.88 bits per heavy atom. The van der Waals surface area contributed by atoms with Crippen molar-refractivity contribution in [3.63, 3.8) is 0 Å². The lowest BCUT2D eigenvalue weighted by Gasteiger charge is -2.33. The van der Waals surface area contributed by atoms with E-state index in [0.717, 1.165) is 22.8 Å². The number of anilines is 1. The molecule has 3 aromatic heterocycles. The van der Waals surface area contributed by atoms with E-state index < -0.39 is 23.8 Å². The number of pyridine rings is 2. The molecule has 4 aromatic rings. The van der Waals surface area contributed by atoms with Gasteiger partial charge in [0.25, 0.3) is 0 Å². The van der Waals surface area contributed by atoms with Crippen molar-refractivity contribution in [2.45, 2.75) is 50.2 Å². The molecule has 0 bridgehead atoms. The number of likely N-dealkylation sites (tertiary alicyclic amines) is 1. The zero-order chi connectivity index (χ0) is 28.7. The molecule has 9 nitrogen and oxygen atoms in total. The number of piperidine rings is 1. The van der Waals surface area contributed by atoms with Crippen molar-refractivity contribution in [2.75, 3.05) is 32.1 Å². The molecule has 1 aliphatic heterocycles. The van der Waals surface area contributed by atoms with Gasteiger partial charge < -0.3 is 14.5 Å².